The van der Waals surface area contributed by atoms with Gasteiger partial charge in [0.25, 0.3) is 15.9 Å². The third-order valence-electron chi connectivity index (χ3n) is 11.1. The van der Waals surface area contributed by atoms with E-state index in [0.29, 0.717) is 22.5 Å². The highest BCUT2D eigenvalue weighted by molar-refractivity contribution is 7.90. The van der Waals surface area contributed by atoms with Crippen LogP contribution in [-0.2, 0) is 10.0 Å². The minimum absolute atomic E-state index is 0.107. The van der Waals surface area contributed by atoms with Crippen LogP contribution in [0.25, 0.3) is 16.6 Å². The quantitative estimate of drug-likeness (QED) is 0.152. The van der Waals surface area contributed by atoms with Gasteiger partial charge in [0, 0.05) is 61.1 Å². The number of fused-ring (bicyclic) bond motifs is 1. The van der Waals surface area contributed by atoms with Crippen LogP contribution in [0.3, 0.4) is 0 Å². The van der Waals surface area contributed by atoms with Crippen LogP contribution < -0.4 is 14.4 Å². The van der Waals surface area contributed by atoms with Crippen LogP contribution in [0.15, 0.2) is 83.5 Å². The second-order valence-electron chi connectivity index (χ2n) is 15.6. The third kappa shape index (κ3) is 12.7. The summed E-state index contributed by atoms with van der Waals surface area (Å²) in [5, 5.41) is 1.60. The van der Waals surface area contributed by atoms with Gasteiger partial charge in [-0.05, 0) is 122 Å². The average molecular weight is 887 g/mol. The molecule has 0 saturated carbocycles. The summed E-state index contributed by atoms with van der Waals surface area (Å²) in [5.74, 6) is -0.0914. The molecular weight excluding hydrogens is 814 g/mol. The van der Waals surface area contributed by atoms with Crippen LogP contribution in [0, 0.1) is 33.1 Å². The highest BCUT2D eigenvalue weighted by Crippen LogP contribution is 2.43. The zero-order valence-electron chi connectivity index (χ0n) is 39.8. The lowest BCUT2D eigenvalue weighted by Crippen LogP contribution is -2.47. The highest BCUT2D eigenvalue weighted by atomic mass is 35.5. The van der Waals surface area contributed by atoms with Crippen molar-refractivity contribution in [3.8, 4) is 11.5 Å². The molecule has 1 amide bonds. The van der Waals surface area contributed by atoms with Crippen molar-refractivity contribution in [2.75, 3.05) is 37.6 Å². The maximum atomic E-state index is 13.9. The molecule has 7 rings (SSSR count). The molecule has 0 atom stereocenters. The predicted octanol–water partition coefficient (Wildman–Crippen LogP) is 13.3. The number of hydrogen-bond donors (Lipinski definition) is 2. The number of ether oxygens (including phenoxy) is 1. The van der Waals surface area contributed by atoms with Crippen LogP contribution in [0.5, 0.6) is 11.5 Å². The Morgan fingerprint density at radius 2 is 1.48 bits per heavy atom. The normalized spacial score (nSPS) is 14.8. The number of hydrogen-bond acceptors (Lipinski definition) is 7. The van der Waals surface area contributed by atoms with E-state index in [1.54, 1.807) is 32.3 Å². The van der Waals surface area contributed by atoms with E-state index in [-0.39, 0.29) is 21.6 Å². The molecule has 0 unspecified atom stereocenters. The van der Waals surface area contributed by atoms with Crippen LogP contribution in [-0.4, -0.2) is 61.9 Å². The Morgan fingerprint density at radius 1 is 0.839 bits per heavy atom. The van der Waals surface area contributed by atoms with Gasteiger partial charge in [-0.3, -0.25) is 9.69 Å². The van der Waals surface area contributed by atoms with Gasteiger partial charge >= 0.3 is 0 Å². The molecule has 1 aliphatic carbocycles. The molecule has 338 valence electrons. The zero-order chi connectivity index (χ0) is 46.4. The second-order valence-corrected chi connectivity index (χ2v) is 17.6. The number of nitrogens with zero attached hydrogens (tertiary/aromatic N) is 3. The fraction of sp³-hybridized carbons (Fsp3) is 0.451. The van der Waals surface area contributed by atoms with Crippen molar-refractivity contribution in [1.29, 1.82) is 0 Å². The molecule has 0 bridgehead atoms. The maximum Gasteiger partial charge on any atom is 0.268 e. The van der Waals surface area contributed by atoms with Gasteiger partial charge in [-0.15, -0.1) is 0 Å². The predicted molar refractivity (Wildman–Crippen MR) is 263 cm³/mol. The monoisotopic (exact) mass is 885 g/mol. The van der Waals surface area contributed by atoms with Gasteiger partial charge < -0.3 is 14.6 Å². The number of aromatic amines is 1. The van der Waals surface area contributed by atoms with Gasteiger partial charge in [0.15, 0.2) is 0 Å². The number of benzene rings is 3. The zero-order valence-corrected chi connectivity index (χ0v) is 41.4. The average Bonchev–Trinajstić information content (AvgIpc) is 3.74. The fourth-order valence-corrected chi connectivity index (χ4v) is 9.60. The van der Waals surface area contributed by atoms with E-state index in [1.165, 1.54) is 16.7 Å². The first-order valence-electron chi connectivity index (χ1n) is 22.5. The number of carbonyl (C=O) groups excluding carboxylic acids is 1. The van der Waals surface area contributed by atoms with Gasteiger partial charge in [-0.2, -0.15) is 0 Å². The smallest absolute Gasteiger partial charge is 0.268 e. The Hall–Kier alpha value is -4.64. The van der Waals surface area contributed by atoms with E-state index in [0.717, 1.165) is 79.2 Å². The Morgan fingerprint density at radius 3 is 2.13 bits per heavy atom. The van der Waals surface area contributed by atoms with Crippen LogP contribution in [0.1, 0.15) is 127 Å². The SMILES string of the molecule is CC.CC.CC.CC.Cc1cc(C)c(S(=O)(=O)NC(=O)c2ccc(N3CCN(CC4=C(c5ccc(Cl)cc5)CCC(C)(C)C4)CC3)cc2Oc2cnc3[nH]ccc3c2)c(C)c1C. The molecule has 0 radical (unpaired) electrons. The first-order chi connectivity index (χ1) is 29.7. The molecule has 2 aliphatic rings. The van der Waals surface area contributed by atoms with Crippen LogP contribution in [0.2, 0.25) is 5.02 Å². The molecule has 2 N–H and O–H groups in total. The number of H-pyrrole nitrogens is 1. The van der Waals surface area contributed by atoms with Crippen molar-refractivity contribution < 1.29 is 17.9 Å². The van der Waals surface area contributed by atoms with Gasteiger partial charge in [0.1, 0.15) is 17.1 Å². The number of amides is 1. The topological polar surface area (TPSA) is 108 Å². The molecule has 62 heavy (non-hydrogen) atoms. The summed E-state index contributed by atoms with van der Waals surface area (Å²) in [4.78, 5) is 26.3. The second kappa shape index (κ2) is 23.7. The van der Waals surface area contributed by atoms with Gasteiger partial charge in [0.05, 0.1) is 16.7 Å². The first-order valence-corrected chi connectivity index (χ1v) is 24.4. The molecule has 1 saturated heterocycles. The minimum atomic E-state index is -4.20. The number of allylic oxidation sites excluding steroid dienone is 1. The molecule has 0 spiro atoms. The van der Waals surface area contributed by atoms with E-state index in [2.05, 4.69) is 50.5 Å². The van der Waals surface area contributed by atoms with Gasteiger partial charge in [-0.25, -0.2) is 18.1 Å². The number of aryl methyl sites for hydroxylation is 2. The van der Waals surface area contributed by atoms with Gasteiger partial charge in [0.2, 0.25) is 0 Å². The lowest BCUT2D eigenvalue weighted by molar-refractivity contribution is 0.0979. The fourth-order valence-electron chi connectivity index (χ4n) is 7.98. The number of rotatable bonds is 9. The van der Waals surface area contributed by atoms with Gasteiger partial charge in [-0.1, -0.05) is 105 Å². The number of pyridine rings is 1. The van der Waals surface area contributed by atoms with Crippen molar-refractivity contribution in [2.24, 2.45) is 5.41 Å². The lowest BCUT2D eigenvalue weighted by Gasteiger charge is -2.39. The molecule has 11 heteroatoms. The first kappa shape index (κ1) is 51.7. The summed E-state index contributed by atoms with van der Waals surface area (Å²) >= 11 is 6.23. The lowest BCUT2D eigenvalue weighted by atomic mass is 9.73. The van der Waals surface area contributed by atoms with Crippen molar-refractivity contribution in [1.82, 2.24) is 19.6 Å². The number of sulfonamides is 1. The standard InChI is InChI=1S/C43H48ClN5O4S.4C2H6/c1-27-21-28(2)40(30(4)29(27)3)54(51,52)47-42(50)38-12-11-35(23-39(38)53-36-22-32-14-16-45-41(32)46-25-36)49-19-17-48(18-20-49)26-33-24-43(5,6)15-13-37(33)31-7-9-34(44)10-8-31;4*1-2/h7-12,14,16,21-23,25H,13,15,17-20,24,26H2,1-6H3,(H,45,46)(H,47,50);4*1-2H3. The number of halogens is 1. The van der Waals surface area contributed by atoms with Crippen LogP contribution in [0.4, 0.5) is 5.69 Å². The van der Waals surface area contributed by atoms with E-state index >= 15 is 0 Å². The molecule has 3 heterocycles. The summed E-state index contributed by atoms with van der Waals surface area (Å²) < 4.78 is 36.2. The van der Waals surface area contributed by atoms with E-state index < -0.39 is 15.9 Å². The summed E-state index contributed by atoms with van der Waals surface area (Å²) in [7, 11) is -4.20. The van der Waals surface area contributed by atoms with Crippen LogP contribution >= 0.6 is 11.6 Å². The molecule has 2 aromatic heterocycles. The Balaban J connectivity index is 0.00000121. The number of aromatic nitrogens is 2. The maximum absolute atomic E-state index is 13.9. The summed E-state index contributed by atoms with van der Waals surface area (Å²) in [6.07, 6.45) is 6.67. The van der Waals surface area contributed by atoms with E-state index in [1.807, 2.05) is 112 Å². The largest absolute Gasteiger partial charge is 0.455 e. The van der Waals surface area contributed by atoms with Crippen molar-refractivity contribution >= 4 is 49.8 Å². The number of carbonyl (C=O) groups is 1. The third-order valence-corrected chi connectivity index (χ3v) is 13.0. The van der Waals surface area contributed by atoms with Crippen molar-refractivity contribution in [2.45, 2.75) is 121 Å². The molecule has 5 aromatic rings. The molecular formula is C51H72ClN5O4S. The Kier molecular flexibility index (Phi) is 19.8. The van der Waals surface area contributed by atoms with E-state index in [4.69, 9.17) is 16.3 Å². The van der Waals surface area contributed by atoms with Crippen molar-refractivity contribution in [3.63, 3.8) is 0 Å². The molecule has 1 fully saturated rings. The minimum Gasteiger partial charge on any atom is -0.455 e. The molecule has 9 nitrogen and oxygen atoms in total. The number of nitrogens with one attached hydrogen (secondary N) is 2. The molecule has 3 aromatic carbocycles. The summed E-state index contributed by atoms with van der Waals surface area (Å²) in [5.41, 5.74) is 9.24. The molecule has 1 aliphatic heterocycles. The number of anilines is 1. The summed E-state index contributed by atoms with van der Waals surface area (Å²) in [6.45, 7) is 32.3. The highest BCUT2D eigenvalue weighted by Gasteiger charge is 2.30. The Bertz CT molecular complexity index is 2380. The van der Waals surface area contributed by atoms with E-state index in [9.17, 15) is 13.2 Å². The van der Waals surface area contributed by atoms with Crippen molar-refractivity contribution in [3.05, 3.63) is 117 Å². The Labute approximate surface area is 378 Å². The summed E-state index contributed by atoms with van der Waals surface area (Å²) in [6, 6.07) is 19.2. The number of piperazine rings is 1.